The number of aliphatic hydroxyl groups excluding tert-OH is 1. The van der Waals surface area contributed by atoms with Gasteiger partial charge in [0.25, 0.3) is 0 Å². The molecule has 0 aromatic carbocycles. The van der Waals surface area contributed by atoms with E-state index in [1.807, 2.05) is 0 Å². The zero-order valence-corrected chi connectivity index (χ0v) is 9.57. The molecule has 0 aliphatic carbocycles. The smallest absolute Gasteiger partial charge is 0.230 e. The molecule has 1 heterocycles. The van der Waals surface area contributed by atoms with Crippen LogP contribution in [-0.2, 0) is 10.0 Å². The van der Waals surface area contributed by atoms with E-state index in [0.717, 1.165) is 6.42 Å². The lowest BCUT2D eigenvalue weighted by atomic mass is 10.2. The van der Waals surface area contributed by atoms with Crippen molar-refractivity contribution in [1.82, 2.24) is 4.31 Å². The van der Waals surface area contributed by atoms with Gasteiger partial charge < -0.3 is 5.11 Å². The molecule has 0 bridgehead atoms. The highest BCUT2D eigenvalue weighted by atomic mass is 32.2. The fourth-order valence-corrected chi connectivity index (χ4v) is 3.71. The lowest BCUT2D eigenvalue weighted by Crippen LogP contribution is -2.42. The van der Waals surface area contributed by atoms with E-state index in [2.05, 4.69) is 0 Å². The fraction of sp³-hybridized carbons (Fsp3) is 0.889. The van der Waals surface area contributed by atoms with Crippen LogP contribution >= 0.6 is 0 Å². The van der Waals surface area contributed by atoms with E-state index in [1.54, 1.807) is 13.0 Å². The highest BCUT2D eigenvalue weighted by Crippen LogP contribution is 2.24. The normalized spacial score (nSPS) is 25.0. The molecule has 1 N–H and O–H groups in total. The number of rotatable bonds is 4. The molecule has 1 unspecified atom stereocenters. The SMILES string of the molecule is CCC(C#N)S(=O)(=O)N1CCC[C@@H]1CO. The van der Waals surface area contributed by atoms with Crippen molar-refractivity contribution in [2.45, 2.75) is 37.5 Å². The van der Waals surface area contributed by atoms with Crippen molar-refractivity contribution in [3.63, 3.8) is 0 Å². The van der Waals surface area contributed by atoms with Crippen LogP contribution in [0.25, 0.3) is 0 Å². The second kappa shape index (κ2) is 4.92. The lowest BCUT2D eigenvalue weighted by Gasteiger charge is -2.24. The molecule has 0 aromatic heterocycles. The summed E-state index contributed by atoms with van der Waals surface area (Å²) < 4.78 is 25.2. The maximum Gasteiger partial charge on any atom is 0.230 e. The van der Waals surface area contributed by atoms with Crippen LogP contribution in [-0.4, -0.2) is 42.3 Å². The molecule has 0 radical (unpaired) electrons. The summed E-state index contributed by atoms with van der Waals surface area (Å²) in [5.41, 5.74) is 0. The second-order valence-corrected chi connectivity index (χ2v) is 5.73. The predicted octanol–water partition coefficient (Wildman–Crippen LogP) is 0.0751. The summed E-state index contributed by atoms with van der Waals surface area (Å²) in [4.78, 5) is 0. The molecule has 6 heteroatoms. The predicted molar refractivity (Wildman–Crippen MR) is 55.4 cm³/mol. The Morgan fingerprint density at radius 2 is 2.33 bits per heavy atom. The Labute approximate surface area is 90.4 Å². The third kappa shape index (κ3) is 2.30. The number of hydrogen-bond donors (Lipinski definition) is 1. The second-order valence-electron chi connectivity index (χ2n) is 3.66. The molecule has 0 spiro atoms. The number of nitrogens with zero attached hydrogens (tertiary/aromatic N) is 2. The van der Waals surface area contributed by atoms with Crippen molar-refractivity contribution < 1.29 is 13.5 Å². The summed E-state index contributed by atoms with van der Waals surface area (Å²) in [6, 6.07) is 1.47. The van der Waals surface area contributed by atoms with Gasteiger partial charge in [-0.05, 0) is 19.3 Å². The molecule has 1 rings (SSSR count). The Bertz CT molecular complexity index is 347. The van der Waals surface area contributed by atoms with Gasteiger partial charge in [0.2, 0.25) is 10.0 Å². The van der Waals surface area contributed by atoms with Crippen LogP contribution in [0.2, 0.25) is 0 Å². The van der Waals surface area contributed by atoms with Gasteiger partial charge in [-0.25, -0.2) is 8.42 Å². The maximum absolute atomic E-state index is 12.0. The van der Waals surface area contributed by atoms with Gasteiger partial charge in [-0.3, -0.25) is 0 Å². The summed E-state index contributed by atoms with van der Waals surface area (Å²) >= 11 is 0. The zero-order valence-electron chi connectivity index (χ0n) is 8.76. The van der Waals surface area contributed by atoms with Crippen LogP contribution in [0.4, 0.5) is 0 Å². The van der Waals surface area contributed by atoms with E-state index >= 15 is 0 Å². The Morgan fingerprint density at radius 1 is 1.67 bits per heavy atom. The minimum Gasteiger partial charge on any atom is -0.395 e. The molecule has 5 nitrogen and oxygen atoms in total. The Morgan fingerprint density at radius 3 is 2.80 bits per heavy atom. The van der Waals surface area contributed by atoms with Crippen molar-refractivity contribution in [1.29, 1.82) is 5.26 Å². The highest BCUT2D eigenvalue weighted by Gasteiger charge is 2.38. The van der Waals surface area contributed by atoms with E-state index in [0.29, 0.717) is 13.0 Å². The summed E-state index contributed by atoms with van der Waals surface area (Å²) in [7, 11) is -3.55. The molecule has 1 fully saturated rings. The molecule has 0 saturated carbocycles. The minimum atomic E-state index is -3.55. The van der Waals surface area contributed by atoms with Crippen molar-refractivity contribution in [2.24, 2.45) is 0 Å². The third-order valence-corrected chi connectivity index (χ3v) is 5.03. The van der Waals surface area contributed by atoms with Crippen molar-refractivity contribution >= 4 is 10.0 Å². The maximum atomic E-state index is 12.0. The van der Waals surface area contributed by atoms with E-state index in [1.165, 1.54) is 4.31 Å². The average molecular weight is 232 g/mol. The summed E-state index contributed by atoms with van der Waals surface area (Å²) in [6.07, 6.45) is 1.72. The average Bonchev–Trinajstić information content (AvgIpc) is 2.67. The number of hydrogen-bond acceptors (Lipinski definition) is 4. The topological polar surface area (TPSA) is 81.4 Å². The van der Waals surface area contributed by atoms with Crippen LogP contribution in [0.5, 0.6) is 0 Å². The van der Waals surface area contributed by atoms with Gasteiger partial charge in [0.15, 0.2) is 5.25 Å². The van der Waals surface area contributed by atoms with E-state index in [-0.39, 0.29) is 19.1 Å². The van der Waals surface area contributed by atoms with Gasteiger partial charge in [0.05, 0.1) is 12.7 Å². The quantitative estimate of drug-likeness (QED) is 0.744. The molecule has 86 valence electrons. The summed E-state index contributed by atoms with van der Waals surface area (Å²) in [6.45, 7) is 1.93. The van der Waals surface area contributed by atoms with Gasteiger partial charge >= 0.3 is 0 Å². The number of nitriles is 1. The Balaban J connectivity index is 2.91. The number of aliphatic hydroxyl groups is 1. The Kier molecular flexibility index (Phi) is 4.08. The molecule has 0 aromatic rings. The first-order chi connectivity index (χ1) is 7.07. The molecule has 2 atom stereocenters. The monoisotopic (exact) mass is 232 g/mol. The van der Waals surface area contributed by atoms with Crippen LogP contribution in [0, 0.1) is 11.3 Å². The van der Waals surface area contributed by atoms with Crippen molar-refractivity contribution in [3.8, 4) is 6.07 Å². The standard InChI is InChI=1S/C9H16N2O3S/c1-2-9(6-10)15(13,14)11-5-3-4-8(11)7-12/h8-9,12H,2-5,7H2,1H3/t8-,9?/m1/s1. The number of sulfonamides is 1. The Hall–Kier alpha value is -0.640. The molecule has 0 amide bonds. The molecular formula is C9H16N2O3S. The van der Waals surface area contributed by atoms with Crippen LogP contribution in [0.15, 0.2) is 0 Å². The fourth-order valence-electron chi connectivity index (χ4n) is 1.86. The third-order valence-electron chi connectivity index (χ3n) is 2.74. The largest absolute Gasteiger partial charge is 0.395 e. The molecule has 15 heavy (non-hydrogen) atoms. The van der Waals surface area contributed by atoms with Gasteiger partial charge in [0, 0.05) is 12.6 Å². The van der Waals surface area contributed by atoms with Gasteiger partial charge in [0.1, 0.15) is 0 Å². The lowest BCUT2D eigenvalue weighted by molar-refractivity contribution is 0.213. The van der Waals surface area contributed by atoms with Crippen LogP contribution in [0.3, 0.4) is 0 Å². The van der Waals surface area contributed by atoms with Gasteiger partial charge in [-0.2, -0.15) is 9.57 Å². The van der Waals surface area contributed by atoms with E-state index in [9.17, 15) is 8.42 Å². The molecular weight excluding hydrogens is 216 g/mol. The molecule has 1 aliphatic heterocycles. The minimum absolute atomic E-state index is 0.166. The van der Waals surface area contributed by atoms with E-state index in [4.69, 9.17) is 10.4 Å². The van der Waals surface area contributed by atoms with Crippen molar-refractivity contribution in [3.05, 3.63) is 0 Å². The highest BCUT2D eigenvalue weighted by molar-refractivity contribution is 7.90. The molecule has 1 aliphatic rings. The van der Waals surface area contributed by atoms with Gasteiger partial charge in [-0.15, -0.1) is 0 Å². The summed E-state index contributed by atoms with van der Waals surface area (Å²) in [5.74, 6) is 0. The van der Waals surface area contributed by atoms with Gasteiger partial charge in [-0.1, -0.05) is 6.92 Å². The van der Waals surface area contributed by atoms with Crippen molar-refractivity contribution in [2.75, 3.05) is 13.2 Å². The summed E-state index contributed by atoms with van der Waals surface area (Å²) in [5, 5.41) is 16.8. The zero-order chi connectivity index (χ0) is 11.5. The first kappa shape index (κ1) is 12.4. The van der Waals surface area contributed by atoms with Crippen LogP contribution < -0.4 is 0 Å². The van der Waals surface area contributed by atoms with Crippen LogP contribution in [0.1, 0.15) is 26.2 Å². The van der Waals surface area contributed by atoms with E-state index < -0.39 is 15.3 Å². The first-order valence-electron chi connectivity index (χ1n) is 5.09. The molecule has 1 saturated heterocycles. The first-order valence-corrected chi connectivity index (χ1v) is 6.59.